The van der Waals surface area contributed by atoms with Crippen LogP contribution in [0, 0.1) is 6.92 Å². The molecule has 3 aromatic rings. The zero-order valence-electron chi connectivity index (χ0n) is 18.7. The Morgan fingerprint density at radius 3 is 2.42 bits per heavy atom. The number of aryl methyl sites for hydroxylation is 2. The minimum absolute atomic E-state index is 0.00954. The monoisotopic (exact) mass is 513 g/mol. The van der Waals surface area contributed by atoms with Gasteiger partial charge in [0.2, 0.25) is 5.91 Å². The number of halogens is 5. The number of nitrogens with one attached hydrogen (secondary N) is 1. The molecular weight excluding hydrogens is 493 g/mol. The average molecular weight is 513 g/mol. The van der Waals surface area contributed by atoms with Gasteiger partial charge in [0.1, 0.15) is 0 Å². The third-order valence-corrected chi connectivity index (χ3v) is 5.32. The summed E-state index contributed by atoms with van der Waals surface area (Å²) in [7, 11) is 0. The van der Waals surface area contributed by atoms with Gasteiger partial charge in [0, 0.05) is 30.4 Å². The van der Waals surface area contributed by atoms with Gasteiger partial charge in [0.05, 0.1) is 6.54 Å². The van der Waals surface area contributed by atoms with Crippen LogP contribution >= 0.6 is 0 Å². The van der Waals surface area contributed by atoms with Crippen LogP contribution in [0.15, 0.2) is 46.9 Å². The number of carbonyl (C=O) groups is 2. The Hall–Kier alpha value is -4.07. The highest BCUT2D eigenvalue weighted by Gasteiger charge is 2.38. The molecule has 0 unspecified atom stereocenters. The van der Waals surface area contributed by atoms with Crippen molar-refractivity contribution in [2.45, 2.75) is 32.5 Å². The number of alkyl halides is 3. The highest BCUT2D eigenvalue weighted by Crippen LogP contribution is 2.32. The Morgan fingerprint density at radius 1 is 1.17 bits per heavy atom. The summed E-state index contributed by atoms with van der Waals surface area (Å²) in [5.41, 5.74) is 9.46. The first-order valence-electron chi connectivity index (χ1n) is 10.4. The summed E-state index contributed by atoms with van der Waals surface area (Å²) >= 11 is 0. The number of nitrogens with two attached hydrogens (primary N) is 1. The lowest BCUT2D eigenvalue weighted by Crippen LogP contribution is -2.24. The third kappa shape index (κ3) is 5.76. The minimum atomic E-state index is -5.08. The Balaban J connectivity index is 0.000000454. The second-order valence-electron chi connectivity index (χ2n) is 7.83. The molecule has 1 aliphatic heterocycles. The summed E-state index contributed by atoms with van der Waals surface area (Å²) in [5.74, 6) is -2.75. The van der Waals surface area contributed by atoms with E-state index in [4.69, 9.17) is 15.6 Å². The normalized spacial score (nSPS) is 12.9. The number of pyridine rings is 1. The van der Waals surface area contributed by atoms with Crippen molar-refractivity contribution in [3.8, 4) is 11.1 Å². The van der Waals surface area contributed by atoms with E-state index in [0.29, 0.717) is 18.5 Å². The van der Waals surface area contributed by atoms with E-state index in [2.05, 4.69) is 10.4 Å². The van der Waals surface area contributed by atoms with Crippen molar-refractivity contribution in [1.82, 2.24) is 14.2 Å². The van der Waals surface area contributed by atoms with Gasteiger partial charge >= 0.3 is 17.8 Å². The van der Waals surface area contributed by atoms with Crippen molar-refractivity contribution >= 4 is 23.2 Å². The quantitative estimate of drug-likeness (QED) is 0.460. The van der Waals surface area contributed by atoms with E-state index in [1.54, 1.807) is 18.3 Å². The van der Waals surface area contributed by atoms with Crippen LogP contribution in [-0.2, 0) is 22.6 Å². The van der Waals surface area contributed by atoms with Gasteiger partial charge in [0.25, 0.3) is 6.08 Å². The number of carboxylic acid groups (broad SMARTS) is 1. The van der Waals surface area contributed by atoms with Crippen molar-refractivity contribution in [1.29, 1.82) is 0 Å². The maximum Gasteiger partial charge on any atom is 0.490 e. The number of benzene rings is 1. The molecule has 1 amide bonds. The van der Waals surface area contributed by atoms with E-state index in [1.165, 1.54) is 4.40 Å². The van der Waals surface area contributed by atoms with E-state index < -0.39 is 23.9 Å². The second kappa shape index (κ2) is 10.3. The molecule has 36 heavy (non-hydrogen) atoms. The molecule has 0 fully saturated rings. The fourth-order valence-corrected chi connectivity index (χ4v) is 3.54. The summed E-state index contributed by atoms with van der Waals surface area (Å²) in [5, 5.41) is 14.2. The second-order valence-corrected chi connectivity index (χ2v) is 7.83. The summed E-state index contributed by atoms with van der Waals surface area (Å²) < 4.78 is 59.8. The zero-order chi connectivity index (χ0) is 26.8. The molecule has 2 aromatic heterocycles. The maximum atomic E-state index is 12.9. The van der Waals surface area contributed by atoms with Gasteiger partial charge in [-0.15, -0.1) is 5.10 Å². The molecule has 192 valence electrons. The zero-order valence-corrected chi connectivity index (χ0v) is 18.7. The molecule has 0 aliphatic carbocycles. The van der Waals surface area contributed by atoms with E-state index in [9.17, 15) is 31.5 Å². The van der Waals surface area contributed by atoms with Crippen molar-refractivity contribution in [3.05, 3.63) is 63.7 Å². The van der Waals surface area contributed by atoms with Gasteiger partial charge in [-0.2, -0.15) is 22.0 Å². The number of rotatable bonds is 4. The fourth-order valence-electron chi connectivity index (χ4n) is 3.54. The van der Waals surface area contributed by atoms with Gasteiger partial charge in [-0.05, 0) is 59.9 Å². The highest BCUT2D eigenvalue weighted by molar-refractivity contribution is 5.95. The molecule has 14 heteroatoms. The van der Waals surface area contributed by atoms with Gasteiger partial charge in [-0.3, -0.25) is 9.20 Å². The summed E-state index contributed by atoms with van der Waals surface area (Å²) in [4.78, 5) is 33.0. The summed E-state index contributed by atoms with van der Waals surface area (Å²) in [6.07, 6.45) is -4.30. The van der Waals surface area contributed by atoms with E-state index in [-0.39, 0.29) is 24.6 Å². The van der Waals surface area contributed by atoms with Crippen LogP contribution < -0.4 is 16.7 Å². The lowest BCUT2D eigenvalue weighted by atomic mass is 9.94. The van der Waals surface area contributed by atoms with Gasteiger partial charge in [-0.1, -0.05) is 0 Å². The number of nitrogens with zero attached hydrogens (tertiary/aromatic N) is 3. The molecule has 1 aromatic carbocycles. The van der Waals surface area contributed by atoms with Crippen molar-refractivity contribution in [3.63, 3.8) is 0 Å². The lowest BCUT2D eigenvalue weighted by Gasteiger charge is -2.20. The van der Waals surface area contributed by atoms with Gasteiger partial charge in [0.15, 0.2) is 5.65 Å². The predicted molar refractivity (Wildman–Crippen MR) is 119 cm³/mol. The largest absolute Gasteiger partial charge is 0.490 e. The topological polar surface area (TPSA) is 132 Å². The third-order valence-electron chi connectivity index (χ3n) is 5.32. The molecule has 9 nitrogen and oxygen atoms in total. The Bertz CT molecular complexity index is 1420. The van der Waals surface area contributed by atoms with Crippen LogP contribution in [0.3, 0.4) is 0 Å². The van der Waals surface area contributed by atoms with Crippen molar-refractivity contribution in [2.75, 3.05) is 11.9 Å². The summed E-state index contributed by atoms with van der Waals surface area (Å²) in [6, 6.07) is 7.48. The number of hydrogen-bond donors (Lipinski definition) is 3. The van der Waals surface area contributed by atoms with E-state index in [1.807, 2.05) is 19.1 Å². The fraction of sp³-hybridized carbons (Fsp3) is 0.273. The Labute approximate surface area is 199 Å². The molecule has 1 aliphatic rings. The van der Waals surface area contributed by atoms with Crippen LogP contribution in [0.1, 0.15) is 17.5 Å². The van der Waals surface area contributed by atoms with Gasteiger partial charge < -0.3 is 16.2 Å². The molecule has 0 bridgehead atoms. The van der Waals surface area contributed by atoms with Crippen molar-refractivity contribution in [2.24, 2.45) is 5.73 Å². The first-order chi connectivity index (χ1) is 16.8. The smallest absolute Gasteiger partial charge is 0.475 e. The first kappa shape index (κ1) is 26.5. The van der Waals surface area contributed by atoms with E-state index >= 15 is 0 Å². The predicted octanol–water partition coefficient (Wildman–Crippen LogP) is 3.10. The minimum Gasteiger partial charge on any atom is -0.475 e. The van der Waals surface area contributed by atoms with Crippen LogP contribution in [0.25, 0.3) is 16.8 Å². The number of hydrogen-bond acceptors (Lipinski definition) is 5. The van der Waals surface area contributed by atoms with Gasteiger partial charge in [-0.25, -0.2) is 14.3 Å². The van der Waals surface area contributed by atoms with E-state index in [0.717, 1.165) is 32.6 Å². The summed E-state index contributed by atoms with van der Waals surface area (Å²) in [6.45, 7) is 1.23. The maximum absolute atomic E-state index is 12.9. The number of fused-ring (bicyclic) bond motifs is 2. The first-order valence-corrected chi connectivity index (χ1v) is 10.4. The number of amides is 1. The molecule has 0 saturated heterocycles. The van der Waals surface area contributed by atoms with Crippen LogP contribution in [0.4, 0.5) is 27.6 Å². The number of aromatic nitrogens is 3. The number of carbonyl (C=O) groups excluding carboxylic acids is 1. The molecule has 0 atom stereocenters. The lowest BCUT2D eigenvalue weighted by molar-refractivity contribution is -0.192. The Kier molecular flexibility index (Phi) is 7.57. The Morgan fingerprint density at radius 2 is 1.83 bits per heavy atom. The molecule has 0 radical (unpaired) electrons. The van der Waals surface area contributed by atoms with Crippen molar-refractivity contribution < 1.29 is 36.6 Å². The highest BCUT2D eigenvalue weighted by atomic mass is 19.4. The number of carboxylic acids is 1. The SMILES string of the molecule is Cc1cc(-c2ccn3c(=O)n(CC(CN)=C(F)F)nc3c2)cc2c1NC(=O)CC2.O=C(O)C(F)(F)F. The molecule has 4 rings (SSSR count). The molecular formula is C22H20F5N5O4. The molecule has 0 saturated carbocycles. The van der Waals surface area contributed by atoms with Crippen LogP contribution in [-0.4, -0.2) is 43.9 Å². The van der Waals surface area contributed by atoms with Crippen LogP contribution in [0.5, 0.6) is 0 Å². The molecule has 4 N–H and O–H groups in total. The van der Waals surface area contributed by atoms with Crippen LogP contribution in [0.2, 0.25) is 0 Å². The average Bonchev–Trinajstić information content (AvgIpc) is 3.11. The standard InChI is InChI=1S/C20H19F2N5O2.C2HF3O2/c1-11-6-14(7-13-2-3-17(28)24-18(11)13)12-4-5-26-16(8-12)25-27(20(26)29)10-15(9-23)19(21)22;3-2(4,5)1(6)7/h4-8H,2-3,9-10,23H2,1H3,(H,24,28);(H,6,7). The number of aliphatic carboxylic acids is 1. The molecule has 3 heterocycles. The number of anilines is 1. The molecule has 0 spiro atoms.